The molecule has 24 heavy (non-hydrogen) atoms. The average molecular weight is 374 g/mol. The molecule has 3 nitrogen and oxygen atoms in total. The maximum Gasteiger partial charge on any atom is 0.220 e. The average Bonchev–Trinajstić information content (AvgIpc) is 2.55. The van der Waals surface area contributed by atoms with Crippen LogP contribution in [0.5, 0.6) is 5.75 Å². The molecule has 1 aromatic rings. The predicted molar refractivity (Wildman–Crippen MR) is 102 cm³/mol. The first-order chi connectivity index (χ1) is 11.6. The van der Waals surface area contributed by atoms with E-state index in [1.807, 2.05) is 0 Å². The van der Waals surface area contributed by atoms with Crippen LogP contribution in [0.4, 0.5) is 0 Å². The number of nitrogens with one attached hydrogen (secondary N) is 1. The highest BCUT2D eigenvalue weighted by Crippen LogP contribution is 2.27. The molecule has 1 aromatic carbocycles. The van der Waals surface area contributed by atoms with Crippen LogP contribution in [-0.2, 0) is 4.79 Å². The molecule has 0 saturated heterocycles. The Hall–Kier alpha value is -0.930. The van der Waals surface area contributed by atoms with E-state index in [4.69, 9.17) is 27.9 Å². The molecule has 0 aliphatic heterocycles. The Bertz CT molecular complexity index is 480. The molecule has 1 N–H and O–H groups in total. The van der Waals surface area contributed by atoms with Crippen molar-refractivity contribution >= 4 is 29.1 Å². The van der Waals surface area contributed by atoms with Crippen molar-refractivity contribution in [3.8, 4) is 5.75 Å². The van der Waals surface area contributed by atoms with Crippen LogP contribution in [0.15, 0.2) is 18.2 Å². The molecule has 0 fully saturated rings. The minimum atomic E-state index is 0.0896. The van der Waals surface area contributed by atoms with Gasteiger partial charge in [-0.05, 0) is 31.0 Å². The number of ether oxygens (including phenoxy) is 1. The fourth-order valence-corrected chi connectivity index (χ4v) is 2.87. The normalized spacial score (nSPS) is 10.6. The molecule has 0 radical (unpaired) electrons. The summed E-state index contributed by atoms with van der Waals surface area (Å²) in [5.41, 5.74) is 0. The zero-order valence-corrected chi connectivity index (χ0v) is 16.1. The van der Waals surface area contributed by atoms with Crippen LogP contribution in [0.3, 0.4) is 0 Å². The molecule has 0 heterocycles. The summed E-state index contributed by atoms with van der Waals surface area (Å²) in [5, 5.41) is 4.04. The molecule has 5 heteroatoms. The van der Waals surface area contributed by atoms with Crippen LogP contribution >= 0.6 is 23.2 Å². The van der Waals surface area contributed by atoms with Crippen molar-refractivity contribution in [3.63, 3.8) is 0 Å². The van der Waals surface area contributed by atoms with Crippen molar-refractivity contribution in [2.24, 2.45) is 0 Å². The molecule has 0 atom stereocenters. The van der Waals surface area contributed by atoms with Gasteiger partial charge >= 0.3 is 0 Å². The zero-order chi connectivity index (χ0) is 17.6. The lowest BCUT2D eigenvalue weighted by molar-refractivity contribution is -0.121. The van der Waals surface area contributed by atoms with Crippen molar-refractivity contribution in [2.75, 3.05) is 13.2 Å². The topological polar surface area (TPSA) is 38.3 Å². The first-order valence-corrected chi connectivity index (χ1v) is 9.73. The van der Waals surface area contributed by atoms with E-state index >= 15 is 0 Å². The monoisotopic (exact) mass is 373 g/mol. The van der Waals surface area contributed by atoms with E-state index in [9.17, 15) is 4.79 Å². The van der Waals surface area contributed by atoms with Crippen LogP contribution in [0, 0.1) is 0 Å². The van der Waals surface area contributed by atoms with Gasteiger partial charge in [-0.3, -0.25) is 4.79 Å². The van der Waals surface area contributed by atoms with E-state index in [2.05, 4.69) is 12.2 Å². The van der Waals surface area contributed by atoms with Gasteiger partial charge in [-0.2, -0.15) is 0 Å². The number of rotatable bonds is 13. The summed E-state index contributed by atoms with van der Waals surface area (Å²) >= 11 is 11.8. The van der Waals surface area contributed by atoms with Crippen molar-refractivity contribution in [1.82, 2.24) is 5.32 Å². The van der Waals surface area contributed by atoms with E-state index < -0.39 is 0 Å². The van der Waals surface area contributed by atoms with Crippen molar-refractivity contribution in [2.45, 2.75) is 64.7 Å². The molecule has 0 aromatic heterocycles. The van der Waals surface area contributed by atoms with Crippen LogP contribution in [0.1, 0.15) is 64.7 Å². The standard InChI is InChI=1S/C19H29Cl2NO2/c1-2-3-4-5-6-7-8-13-22-19(23)10-9-14-24-18-12-11-16(20)15-17(18)21/h11-12,15H,2-10,13-14H2,1H3,(H,22,23). The summed E-state index contributed by atoms with van der Waals surface area (Å²) in [4.78, 5) is 11.7. The molecule has 0 unspecified atom stereocenters. The number of carbonyl (C=O) groups excluding carboxylic acids is 1. The van der Waals surface area contributed by atoms with E-state index in [1.54, 1.807) is 18.2 Å². The molecule has 0 spiro atoms. The maximum atomic E-state index is 11.7. The summed E-state index contributed by atoms with van der Waals surface area (Å²) in [6.45, 7) is 3.47. The van der Waals surface area contributed by atoms with E-state index in [1.165, 1.54) is 38.5 Å². The fraction of sp³-hybridized carbons (Fsp3) is 0.632. The fourth-order valence-electron chi connectivity index (χ4n) is 2.41. The Morgan fingerprint density at radius 3 is 2.46 bits per heavy atom. The number of hydrogen-bond acceptors (Lipinski definition) is 2. The third-order valence-corrected chi connectivity index (χ3v) is 4.33. The second-order valence-corrected chi connectivity index (χ2v) is 6.84. The maximum absolute atomic E-state index is 11.7. The van der Waals surface area contributed by atoms with Crippen LogP contribution < -0.4 is 10.1 Å². The number of hydrogen-bond donors (Lipinski definition) is 1. The van der Waals surface area contributed by atoms with Gasteiger partial charge < -0.3 is 10.1 Å². The molecular weight excluding hydrogens is 345 g/mol. The van der Waals surface area contributed by atoms with Crippen LogP contribution in [-0.4, -0.2) is 19.1 Å². The molecular formula is C19H29Cl2NO2. The van der Waals surface area contributed by atoms with Gasteiger partial charge in [0.05, 0.1) is 11.6 Å². The highest BCUT2D eigenvalue weighted by atomic mass is 35.5. The Balaban J connectivity index is 1.98. The third-order valence-electron chi connectivity index (χ3n) is 3.80. The van der Waals surface area contributed by atoms with E-state index in [0.29, 0.717) is 35.2 Å². The minimum Gasteiger partial charge on any atom is -0.492 e. The molecule has 136 valence electrons. The summed E-state index contributed by atoms with van der Waals surface area (Å²) < 4.78 is 5.56. The lowest BCUT2D eigenvalue weighted by Gasteiger charge is -2.08. The van der Waals surface area contributed by atoms with Gasteiger partial charge in [0, 0.05) is 18.0 Å². The Kier molecular flexibility index (Phi) is 11.8. The first kappa shape index (κ1) is 21.1. The quantitative estimate of drug-likeness (QED) is 0.429. The smallest absolute Gasteiger partial charge is 0.220 e. The van der Waals surface area contributed by atoms with Crippen LogP contribution in [0.25, 0.3) is 0 Å². The highest BCUT2D eigenvalue weighted by Gasteiger charge is 2.04. The Labute approximate surface area is 156 Å². The molecule has 1 rings (SSSR count). The zero-order valence-electron chi connectivity index (χ0n) is 14.6. The molecule has 0 aliphatic rings. The number of benzene rings is 1. The number of carbonyl (C=O) groups is 1. The summed E-state index contributed by atoms with van der Waals surface area (Å²) in [6.07, 6.45) is 9.93. The van der Waals surface area contributed by atoms with Gasteiger partial charge in [0.15, 0.2) is 0 Å². The molecule has 1 amide bonds. The second kappa shape index (κ2) is 13.4. The summed E-state index contributed by atoms with van der Waals surface area (Å²) in [7, 11) is 0. The largest absolute Gasteiger partial charge is 0.492 e. The predicted octanol–water partition coefficient (Wildman–Crippen LogP) is 6.02. The lowest BCUT2D eigenvalue weighted by Crippen LogP contribution is -2.24. The SMILES string of the molecule is CCCCCCCCCNC(=O)CCCOc1ccc(Cl)cc1Cl. The first-order valence-electron chi connectivity index (χ1n) is 8.98. The van der Waals surface area contributed by atoms with Gasteiger partial charge in [0.2, 0.25) is 5.91 Å². The summed E-state index contributed by atoms with van der Waals surface area (Å²) in [6, 6.07) is 5.12. The second-order valence-electron chi connectivity index (χ2n) is 6.00. The number of unbranched alkanes of at least 4 members (excludes halogenated alkanes) is 6. The molecule has 0 saturated carbocycles. The van der Waals surface area contributed by atoms with E-state index in [-0.39, 0.29) is 5.91 Å². The lowest BCUT2D eigenvalue weighted by atomic mass is 10.1. The minimum absolute atomic E-state index is 0.0896. The van der Waals surface area contributed by atoms with Gasteiger partial charge in [0.25, 0.3) is 0 Å². The van der Waals surface area contributed by atoms with Crippen LogP contribution in [0.2, 0.25) is 10.0 Å². The summed E-state index contributed by atoms with van der Waals surface area (Å²) in [5.74, 6) is 0.691. The molecule has 0 bridgehead atoms. The van der Waals surface area contributed by atoms with Crippen molar-refractivity contribution < 1.29 is 9.53 Å². The van der Waals surface area contributed by atoms with Crippen molar-refractivity contribution in [1.29, 1.82) is 0 Å². The van der Waals surface area contributed by atoms with Gasteiger partial charge in [-0.25, -0.2) is 0 Å². The highest BCUT2D eigenvalue weighted by molar-refractivity contribution is 6.35. The molecule has 0 aliphatic carbocycles. The third kappa shape index (κ3) is 10.0. The van der Waals surface area contributed by atoms with Gasteiger partial charge in [-0.15, -0.1) is 0 Å². The number of amides is 1. The number of halogens is 2. The Morgan fingerprint density at radius 2 is 1.75 bits per heavy atom. The Morgan fingerprint density at radius 1 is 1.04 bits per heavy atom. The van der Waals surface area contributed by atoms with Crippen molar-refractivity contribution in [3.05, 3.63) is 28.2 Å². The van der Waals surface area contributed by atoms with E-state index in [0.717, 1.165) is 13.0 Å². The van der Waals surface area contributed by atoms with Gasteiger partial charge in [0.1, 0.15) is 5.75 Å². The van der Waals surface area contributed by atoms with Gasteiger partial charge in [-0.1, -0.05) is 68.7 Å².